The lowest BCUT2D eigenvalue weighted by molar-refractivity contribution is -0.136. The summed E-state index contributed by atoms with van der Waals surface area (Å²) < 4.78 is 39.2. The number of carbonyl (C=O) groups is 1. The largest absolute Gasteiger partial charge is 0.418 e. The summed E-state index contributed by atoms with van der Waals surface area (Å²) in [6.07, 6.45) is -0.890. The van der Waals surface area contributed by atoms with Crippen LogP contribution in [0.15, 0.2) is 73.1 Å². The lowest BCUT2D eigenvalue weighted by Crippen LogP contribution is -2.17. The molecular formula is C21H18F3N3O. The van der Waals surface area contributed by atoms with E-state index in [0.717, 1.165) is 12.5 Å². The molecule has 0 bridgehead atoms. The molecule has 1 amide bonds. The van der Waals surface area contributed by atoms with E-state index in [0.29, 0.717) is 12.2 Å². The molecule has 0 spiro atoms. The zero-order valence-electron chi connectivity index (χ0n) is 14.8. The Morgan fingerprint density at radius 1 is 0.964 bits per heavy atom. The number of carbonyl (C=O) groups excluding carboxylic acids is 1. The molecule has 2 N–H and O–H groups in total. The Morgan fingerprint density at radius 3 is 2.43 bits per heavy atom. The number of hydrogen-bond donors (Lipinski definition) is 2. The summed E-state index contributed by atoms with van der Waals surface area (Å²) in [4.78, 5) is 16.4. The van der Waals surface area contributed by atoms with Crippen molar-refractivity contribution in [3.63, 3.8) is 0 Å². The Balaban J connectivity index is 1.66. The van der Waals surface area contributed by atoms with Crippen molar-refractivity contribution in [3.8, 4) is 0 Å². The maximum Gasteiger partial charge on any atom is 0.418 e. The number of anilines is 2. The predicted octanol–water partition coefficient (Wildman–Crippen LogP) is 5.01. The standard InChI is InChI=1S/C21H18F3N3O/c22-21(23,24)18-8-4-5-9-19(18)27-20(28)16-12-17(14-25-13-16)26-11-10-15-6-2-1-3-7-15/h1-9,12-14,26H,10-11H2,(H,27,28). The van der Waals surface area contributed by atoms with Crippen LogP contribution in [0.4, 0.5) is 24.5 Å². The van der Waals surface area contributed by atoms with Crippen LogP contribution in [0.2, 0.25) is 0 Å². The number of nitrogens with zero attached hydrogens (tertiary/aromatic N) is 1. The van der Waals surface area contributed by atoms with Gasteiger partial charge >= 0.3 is 6.18 Å². The van der Waals surface area contributed by atoms with Crippen molar-refractivity contribution in [3.05, 3.63) is 89.7 Å². The van der Waals surface area contributed by atoms with Crippen LogP contribution in [0.25, 0.3) is 0 Å². The number of hydrogen-bond acceptors (Lipinski definition) is 3. The molecule has 3 rings (SSSR count). The minimum absolute atomic E-state index is 0.168. The number of rotatable bonds is 6. The van der Waals surface area contributed by atoms with E-state index in [1.165, 1.54) is 30.0 Å². The summed E-state index contributed by atoms with van der Waals surface area (Å²) in [7, 11) is 0. The monoisotopic (exact) mass is 385 g/mol. The van der Waals surface area contributed by atoms with Crippen LogP contribution in [0.5, 0.6) is 0 Å². The van der Waals surface area contributed by atoms with Crippen molar-refractivity contribution in [2.75, 3.05) is 17.2 Å². The van der Waals surface area contributed by atoms with Crippen molar-refractivity contribution in [2.45, 2.75) is 12.6 Å². The van der Waals surface area contributed by atoms with E-state index in [9.17, 15) is 18.0 Å². The first-order valence-electron chi connectivity index (χ1n) is 8.64. The number of aromatic nitrogens is 1. The quantitative estimate of drug-likeness (QED) is 0.627. The molecule has 0 saturated heterocycles. The Hall–Kier alpha value is -3.35. The third-order valence-corrected chi connectivity index (χ3v) is 4.07. The molecular weight excluding hydrogens is 367 g/mol. The maximum atomic E-state index is 13.1. The van der Waals surface area contributed by atoms with E-state index in [4.69, 9.17) is 0 Å². The Bertz CT molecular complexity index is 943. The molecule has 0 unspecified atom stereocenters. The average Bonchev–Trinajstić information content (AvgIpc) is 2.69. The van der Waals surface area contributed by atoms with E-state index in [-0.39, 0.29) is 11.3 Å². The molecule has 0 radical (unpaired) electrons. The van der Waals surface area contributed by atoms with Gasteiger partial charge in [-0.3, -0.25) is 9.78 Å². The maximum absolute atomic E-state index is 13.1. The lowest BCUT2D eigenvalue weighted by Gasteiger charge is -2.14. The van der Waals surface area contributed by atoms with Gasteiger partial charge in [0.25, 0.3) is 5.91 Å². The molecule has 0 atom stereocenters. The summed E-state index contributed by atoms with van der Waals surface area (Å²) in [5.74, 6) is -0.657. The number of nitrogens with one attached hydrogen (secondary N) is 2. The van der Waals surface area contributed by atoms with Gasteiger partial charge in [0.2, 0.25) is 0 Å². The van der Waals surface area contributed by atoms with Gasteiger partial charge in [-0.15, -0.1) is 0 Å². The number of alkyl halides is 3. The topological polar surface area (TPSA) is 54.0 Å². The minimum Gasteiger partial charge on any atom is -0.383 e. The highest BCUT2D eigenvalue weighted by atomic mass is 19.4. The molecule has 1 heterocycles. The predicted molar refractivity (Wildman–Crippen MR) is 102 cm³/mol. The van der Waals surface area contributed by atoms with Gasteiger partial charge in [-0.25, -0.2) is 0 Å². The number of benzene rings is 2. The summed E-state index contributed by atoms with van der Waals surface area (Å²) in [5, 5.41) is 5.48. The zero-order valence-corrected chi connectivity index (χ0v) is 14.8. The van der Waals surface area contributed by atoms with Gasteiger partial charge in [-0.1, -0.05) is 42.5 Å². The molecule has 0 aliphatic heterocycles. The molecule has 0 fully saturated rings. The number of pyridine rings is 1. The van der Waals surface area contributed by atoms with E-state index in [1.54, 1.807) is 12.3 Å². The summed E-state index contributed by atoms with van der Waals surface area (Å²) >= 11 is 0. The second kappa shape index (κ2) is 8.56. The fraction of sp³-hybridized carbons (Fsp3) is 0.143. The zero-order chi connectivity index (χ0) is 20.0. The first-order valence-corrected chi connectivity index (χ1v) is 8.64. The van der Waals surface area contributed by atoms with Gasteiger partial charge in [0.1, 0.15) is 0 Å². The third kappa shape index (κ3) is 5.09. The third-order valence-electron chi connectivity index (χ3n) is 4.07. The molecule has 7 heteroatoms. The summed E-state index contributed by atoms with van der Waals surface area (Å²) in [6, 6.07) is 16.3. The van der Waals surface area contributed by atoms with E-state index in [2.05, 4.69) is 15.6 Å². The van der Waals surface area contributed by atoms with Crippen molar-refractivity contribution in [2.24, 2.45) is 0 Å². The van der Waals surface area contributed by atoms with Crippen molar-refractivity contribution in [1.29, 1.82) is 0 Å². The normalized spacial score (nSPS) is 11.1. The molecule has 3 aromatic rings. The summed E-state index contributed by atoms with van der Waals surface area (Å²) in [5.41, 5.74) is 0.769. The van der Waals surface area contributed by atoms with Crippen molar-refractivity contribution in [1.82, 2.24) is 4.98 Å². The highest BCUT2D eigenvalue weighted by Crippen LogP contribution is 2.34. The molecule has 28 heavy (non-hydrogen) atoms. The Labute approximate surface area is 160 Å². The van der Waals surface area contributed by atoms with Crippen LogP contribution in [0.3, 0.4) is 0 Å². The molecule has 0 saturated carbocycles. The molecule has 144 valence electrons. The first-order chi connectivity index (χ1) is 13.4. The molecule has 1 aromatic heterocycles. The van der Waals surface area contributed by atoms with Crippen LogP contribution < -0.4 is 10.6 Å². The van der Waals surface area contributed by atoms with E-state index in [1.807, 2.05) is 30.3 Å². The number of halogens is 3. The lowest BCUT2D eigenvalue weighted by atomic mass is 10.1. The van der Waals surface area contributed by atoms with Crippen LogP contribution in [0, 0.1) is 0 Å². The van der Waals surface area contributed by atoms with Crippen molar-refractivity contribution < 1.29 is 18.0 Å². The van der Waals surface area contributed by atoms with Crippen LogP contribution >= 0.6 is 0 Å². The molecule has 0 aliphatic carbocycles. The minimum atomic E-state index is -4.55. The van der Waals surface area contributed by atoms with Gasteiger partial charge in [0.05, 0.1) is 22.5 Å². The fourth-order valence-corrected chi connectivity index (χ4v) is 2.69. The van der Waals surface area contributed by atoms with Crippen LogP contribution in [-0.4, -0.2) is 17.4 Å². The van der Waals surface area contributed by atoms with Gasteiger partial charge in [-0.05, 0) is 30.2 Å². The fourth-order valence-electron chi connectivity index (χ4n) is 2.69. The molecule has 0 aliphatic rings. The SMILES string of the molecule is O=C(Nc1ccccc1C(F)(F)F)c1cncc(NCCc2ccccc2)c1. The molecule has 2 aromatic carbocycles. The Kier molecular flexibility index (Phi) is 5.93. The highest BCUT2D eigenvalue weighted by molar-refractivity contribution is 6.05. The van der Waals surface area contributed by atoms with Gasteiger partial charge in [-0.2, -0.15) is 13.2 Å². The van der Waals surface area contributed by atoms with Gasteiger partial charge in [0.15, 0.2) is 0 Å². The smallest absolute Gasteiger partial charge is 0.383 e. The second-order valence-electron chi connectivity index (χ2n) is 6.12. The van der Waals surface area contributed by atoms with Crippen molar-refractivity contribution >= 4 is 17.3 Å². The van der Waals surface area contributed by atoms with Gasteiger partial charge < -0.3 is 10.6 Å². The van der Waals surface area contributed by atoms with E-state index < -0.39 is 17.6 Å². The highest BCUT2D eigenvalue weighted by Gasteiger charge is 2.33. The van der Waals surface area contributed by atoms with Gasteiger partial charge in [0, 0.05) is 18.9 Å². The first kappa shape index (κ1) is 19.4. The average molecular weight is 385 g/mol. The summed E-state index contributed by atoms with van der Waals surface area (Å²) in [6.45, 7) is 0.633. The molecule has 4 nitrogen and oxygen atoms in total. The second-order valence-corrected chi connectivity index (χ2v) is 6.12. The van der Waals surface area contributed by atoms with Crippen LogP contribution in [0.1, 0.15) is 21.5 Å². The van der Waals surface area contributed by atoms with Crippen LogP contribution in [-0.2, 0) is 12.6 Å². The Morgan fingerprint density at radius 2 is 1.68 bits per heavy atom. The number of amides is 1. The van der Waals surface area contributed by atoms with E-state index >= 15 is 0 Å². The number of para-hydroxylation sites is 1.